The molecule has 1 unspecified atom stereocenters. The number of halogens is 2. The Labute approximate surface area is 155 Å². The predicted octanol–water partition coefficient (Wildman–Crippen LogP) is 3.50. The molecule has 0 aromatic heterocycles. The molecule has 2 aromatic rings. The summed E-state index contributed by atoms with van der Waals surface area (Å²) in [5.41, 5.74) is 3.77. The Morgan fingerprint density at radius 1 is 1.12 bits per heavy atom. The minimum absolute atomic E-state index is 0.0792. The van der Waals surface area contributed by atoms with E-state index in [0.29, 0.717) is 22.2 Å². The van der Waals surface area contributed by atoms with Crippen molar-refractivity contribution < 1.29 is 9.59 Å². The molecule has 2 amide bonds. The lowest BCUT2D eigenvalue weighted by Gasteiger charge is -2.16. The Morgan fingerprint density at radius 3 is 2.48 bits per heavy atom. The number of anilines is 1. The van der Waals surface area contributed by atoms with E-state index >= 15 is 0 Å². The zero-order valence-electron chi connectivity index (χ0n) is 13.2. The molecule has 1 heterocycles. The lowest BCUT2D eigenvalue weighted by atomic mass is 10.1. The molecule has 1 saturated heterocycles. The van der Waals surface area contributed by atoms with Crippen LogP contribution in [-0.4, -0.2) is 24.6 Å². The minimum atomic E-state index is -0.452. The average Bonchev–Trinajstić information content (AvgIpc) is 3.00. The van der Waals surface area contributed by atoms with Crippen LogP contribution in [0.2, 0.25) is 10.0 Å². The molecule has 0 spiro atoms. The molecular weight excluding hydrogens is 361 g/mol. The highest BCUT2D eigenvalue weighted by molar-refractivity contribution is 6.38. The second-order valence-corrected chi connectivity index (χ2v) is 6.42. The van der Waals surface area contributed by atoms with Gasteiger partial charge in [-0.15, -0.1) is 0 Å². The molecule has 5 nitrogen and oxygen atoms in total. The van der Waals surface area contributed by atoms with Crippen LogP contribution >= 0.6 is 23.2 Å². The van der Waals surface area contributed by atoms with Crippen molar-refractivity contribution in [2.24, 2.45) is 11.0 Å². The summed E-state index contributed by atoms with van der Waals surface area (Å²) in [6.45, 7) is 0.330. The van der Waals surface area contributed by atoms with Gasteiger partial charge in [0.1, 0.15) is 0 Å². The van der Waals surface area contributed by atoms with Crippen molar-refractivity contribution in [3.63, 3.8) is 0 Å². The standard InChI is InChI=1S/C18H15Cl2N3O2/c19-15-7-4-8-16(20)14(15)10-21-22-18(25)12-9-17(24)23(11-12)13-5-2-1-3-6-13/h1-8,10,12H,9,11H2,(H,22,25)/b21-10+. The SMILES string of the molecule is O=C(N/N=C/c1c(Cl)cccc1Cl)C1CC(=O)N(c2ccccc2)C1. The molecule has 1 N–H and O–H groups in total. The molecule has 0 radical (unpaired) electrons. The molecule has 0 saturated carbocycles. The molecule has 2 aromatic carbocycles. The van der Waals surface area contributed by atoms with E-state index in [1.54, 1.807) is 23.1 Å². The van der Waals surface area contributed by atoms with E-state index in [-0.39, 0.29) is 18.2 Å². The summed E-state index contributed by atoms with van der Waals surface area (Å²) in [4.78, 5) is 26.0. The van der Waals surface area contributed by atoms with E-state index in [1.807, 2.05) is 30.3 Å². The molecule has 1 aliphatic heterocycles. The number of hydrogen-bond acceptors (Lipinski definition) is 3. The highest BCUT2D eigenvalue weighted by Gasteiger charge is 2.34. The van der Waals surface area contributed by atoms with Crippen LogP contribution in [0.1, 0.15) is 12.0 Å². The second kappa shape index (κ2) is 7.68. The summed E-state index contributed by atoms with van der Waals surface area (Å²) < 4.78 is 0. The largest absolute Gasteiger partial charge is 0.312 e. The highest BCUT2D eigenvalue weighted by atomic mass is 35.5. The maximum atomic E-state index is 12.3. The lowest BCUT2D eigenvalue weighted by Crippen LogP contribution is -2.30. The molecule has 3 rings (SSSR count). The molecule has 0 aliphatic carbocycles. The number of carbonyl (C=O) groups is 2. The van der Waals surface area contributed by atoms with Gasteiger partial charge in [-0.3, -0.25) is 9.59 Å². The van der Waals surface area contributed by atoms with Crippen LogP contribution in [-0.2, 0) is 9.59 Å². The van der Waals surface area contributed by atoms with Crippen LogP contribution in [0.15, 0.2) is 53.6 Å². The second-order valence-electron chi connectivity index (χ2n) is 5.61. The van der Waals surface area contributed by atoms with Crippen molar-refractivity contribution in [3.05, 3.63) is 64.1 Å². The third-order valence-corrected chi connectivity index (χ3v) is 4.59. The fourth-order valence-electron chi connectivity index (χ4n) is 2.63. The first kappa shape index (κ1) is 17.5. The number of nitrogens with one attached hydrogen (secondary N) is 1. The van der Waals surface area contributed by atoms with Gasteiger partial charge in [-0.2, -0.15) is 5.10 Å². The minimum Gasteiger partial charge on any atom is -0.312 e. The van der Waals surface area contributed by atoms with Gasteiger partial charge in [0, 0.05) is 24.2 Å². The van der Waals surface area contributed by atoms with Crippen LogP contribution in [0.25, 0.3) is 0 Å². The van der Waals surface area contributed by atoms with Gasteiger partial charge >= 0.3 is 0 Å². The third kappa shape index (κ3) is 4.00. The average molecular weight is 376 g/mol. The van der Waals surface area contributed by atoms with Gasteiger partial charge in [0.25, 0.3) is 0 Å². The van der Waals surface area contributed by atoms with Crippen LogP contribution in [0.4, 0.5) is 5.69 Å². The summed E-state index contributed by atoms with van der Waals surface area (Å²) in [5, 5.41) is 4.79. The lowest BCUT2D eigenvalue weighted by molar-refractivity contribution is -0.126. The van der Waals surface area contributed by atoms with Gasteiger partial charge < -0.3 is 4.90 Å². The maximum Gasteiger partial charge on any atom is 0.245 e. The Bertz CT molecular complexity index is 804. The number of para-hydroxylation sites is 1. The Hall–Kier alpha value is -2.37. The van der Waals surface area contributed by atoms with Crippen molar-refractivity contribution in [2.45, 2.75) is 6.42 Å². The van der Waals surface area contributed by atoms with E-state index in [9.17, 15) is 9.59 Å². The van der Waals surface area contributed by atoms with E-state index in [4.69, 9.17) is 23.2 Å². The van der Waals surface area contributed by atoms with Crippen LogP contribution < -0.4 is 10.3 Å². The van der Waals surface area contributed by atoms with Crippen molar-refractivity contribution in [1.29, 1.82) is 0 Å². The molecule has 25 heavy (non-hydrogen) atoms. The Morgan fingerprint density at radius 2 is 1.80 bits per heavy atom. The van der Waals surface area contributed by atoms with Crippen molar-refractivity contribution in [2.75, 3.05) is 11.4 Å². The quantitative estimate of drug-likeness (QED) is 0.656. The van der Waals surface area contributed by atoms with E-state index in [0.717, 1.165) is 5.69 Å². The number of benzene rings is 2. The van der Waals surface area contributed by atoms with Crippen LogP contribution in [0.5, 0.6) is 0 Å². The Kier molecular flexibility index (Phi) is 5.36. The highest BCUT2D eigenvalue weighted by Crippen LogP contribution is 2.25. The van der Waals surface area contributed by atoms with Gasteiger partial charge in [-0.05, 0) is 24.3 Å². The van der Waals surface area contributed by atoms with Gasteiger partial charge in [-0.25, -0.2) is 5.43 Å². The first-order valence-electron chi connectivity index (χ1n) is 7.68. The Balaban J connectivity index is 1.63. The van der Waals surface area contributed by atoms with Crippen LogP contribution in [0.3, 0.4) is 0 Å². The third-order valence-electron chi connectivity index (χ3n) is 3.93. The molecule has 7 heteroatoms. The number of nitrogens with zero attached hydrogens (tertiary/aromatic N) is 2. The zero-order valence-corrected chi connectivity index (χ0v) is 14.7. The molecular formula is C18H15Cl2N3O2. The molecule has 1 fully saturated rings. The normalized spacial score (nSPS) is 17.3. The number of hydrogen-bond donors (Lipinski definition) is 1. The van der Waals surface area contributed by atoms with Crippen molar-refractivity contribution in [3.8, 4) is 0 Å². The summed E-state index contributed by atoms with van der Waals surface area (Å²) in [6.07, 6.45) is 1.55. The van der Waals surface area contributed by atoms with Gasteiger partial charge in [0.2, 0.25) is 11.8 Å². The topological polar surface area (TPSA) is 61.8 Å². The first-order chi connectivity index (χ1) is 12.1. The number of amides is 2. The van der Waals surface area contributed by atoms with E-state index < -0.39 is 5.92 Å². The summed E-state index contributed by atoms with van der Waals surface area (Å²) in [5.74, 6) is -0.845. The zero-order chi connectivity index (χ0) is 17.8. The summed E-state index contributed by atoms with van der Waals surface area (Å²) >= 11 is 12.1. The summed E-state index contributed by atoms with van der Waals surface area (Å²) in [6, 6.07) is 14.4. The fraction of sp³-hybridized carbons (Fsp3) is 0.167. The smallest absolute Gasteiger partial charge is 0.245 e. The van der Waals surface area contributed by atoms with Crippen LogP contribution in [0, 0.1) is 5.92 Å². The predicted molar refractivity (Wildman–Crippen MR) is 99.1 cm³/mol. The van der Waals surface area contributed by atoms with Crippen molar-refractivity contribution in [1.82, 2.24) is 5.43 Å². The molecule has 1 atom stereocenters. The van der Waals surface area contributed by atoms with E-state index in [2.05, 4.69) is 10.5 Å². The number of hydrazone groups is 1. The van der Waals surface area contributed by atoms with Gasteiger partial charge in [0.15, 0.2) is 0 Å². The van der Waals surface area contributed by atoms with Gasteiger partial charge in [-0.1, -0.05) is 47.5 Å². The van der Waals surface area contributed by atoms with Gasteiger partial charge in [0.05, 0.1) is 22.2 Å². The molecule has 1 aliphatic rings. The maximum absolute atomic E-state index is 12.3. The van der Waals surface area contributed by atoms with E-state index in [1.165, 1.54) is 6.21 Å². The van der Waals surface area contributed by atoms with Crippen molar-refractivity contribution >= 4 is 46.9 Å². The summed E-state index contributed by atoms with van der Waals surface area (Å²) in [7, 11) is 0. The first-order valence-corrected chi connectivity index (χ1v) is 8.44. The fourth-order valence-corrected chi connectivity index (χ4v) is 3.12. The number of carbonyl (C=O) groups excluding carboxylic acids is 2. The monoisotopic (exact) mass is 375 g/mol. The molecule has 128 valence electrons. The molecule has 0 bridgehead atoms. The number of rotatable bonds is 4.